The van der Waals surface area contributed by atoms with Crippen LogP contribution >= 0.6 is 34.5 Å². The second-order valence-electron chi connectivity index (χ2n) is 8.83. The third-order valence-corrected chi connectivity index (χ3v) is 11.7. The van der Waals surface area contributed by atoms with Gasteiger partial charge in [0.1, 0.15) is 25.0 Å². The Kier molecular flexibility index (Phi) is 8.43. The zero-order valence-corrected chi connectivity index (χ0v) is 22.9. The van der Waals surface area contributed by atoms with Gasteiger partial charge in [0.15, 0.2) is 23.2 Å². The van der Waals surface area contributed by atoms with Gasteiger partial charge < -0.3 is 34.9 Å². The van der Waals surface area contributed by atoms with Crippen molar-refractivity contribution in [3.05, 3.63) is 47.3 Å². The number of benzene rings is 1. The summed E-state index contributed by atoms with van der Waals surface area (Å²) in [6.45, 7) is 1.73. The minimum Gasteiger partial charge on any atom is -0.388 e. The molecule has 37 heavy (non-hydrogen) atoms. The molecule has 0 saturated carbocycles. The molecular weight excluding hydrogens is 570 g/mol. The summed E-state index contributed by atoms with van der Waals surface area (Å²) in [5.41, 5.74) is 0.819. The number of aliphatic hydroxyl groups excluding tert-OH is 2. The molecule has 0 radical (unpaired) electrons. The predicted octanol–water partition coefficient (Wildman–Crippen LogP) is 2.92. The summed E-state index contributed by atoms with van der Waals surface area (Å²) in [6, 6.07) is 5.74. The van der Waals surface area contributed by atoms with Gasteiger partial charge >= 0.3 is 0 Å². The van der Waals surface area contributed by atoms with Crippen LogP contribution < -0.4 is 5.32 Å². The molecule has 4 rings (SSSR count). The van der Waals surface area contributed by atoms with Crippen molar-refractivity contribution in [2.75, 3.05) is 17.4 Å². The predicted molar refractivity (Wildman–Crippen MR) is 139 cm³/mol. The maximum absolute atomic E-state index is 14.2. The molecule has 0 spiro atoms. The number of nitrogens with zero attached hydrogens (tertiary/aromatic N) is 4. The highest BCUT2D eigenvalue weighted by Gasteiger charge is 2.45. The van der Waals surface area contributed by atoms with Gasteiger partial charge in [0.05, 0.1) is 24.4 Å². The van der Waals surface area contributed by atoms with Gasteiger partial charge in [0.25, 0.3) is 0 Å². The van der Waals surface area contributed by atoms with Crippen molar-refractivity contribution in [3.8, 4) is 0 Å². The van der Waals surface area contributed by atoms with Gasteiger partial charge in [-0.3, -0.25) is 9.13 Å². The molecule has 1 aliphatic heterocycles. The van der Waals surface area contributed by atoms with Crippen molar-refractivity contribution in [2.45, 2.75) is 43.9 Å². The summed E-state index contributed by atoms with van der Waals surface area (Å²) in [5, 5.41) is 24.1. The number of rotatable bonds is 9. The van der Waals surface area contributed by atoms with E-state index in [1.165, 1.54) is 17.0 Å². The lowest BCUT2D eigenvalue weighted by Gasteiger charge is -2.19. The number of aromatic nitrogens is 4. The number of hydrogen-bond donors (Lipinski definition) is 6. The smallest absolute Gasteiger partial charge is 0.226 e. The molecule has 3 unspecified atom stereocenters. The van der Waals surface area contributed by atoms with Crippen LogP contribution in [0.25, 0.3) is 11.2 Å². The second-order valence-corrected chi connectivity index (χ2v) is 16.0. The van der Waals surface area contributed by atoms with E-state index in [-0.39, 0.29) is 34.8 Å². The summed E-state index contributed by atoms with van der Waals surface area (Å²) in [4.78, 5) is 41.6. The van der Waals surface area contributed by atoms with E-state index in [1.54, 1.807) is 25.1 Å². The van der Waals surface area contributed by atoms with Gasteiger partial charge in [0, 0.05) is 11.7 Å². The number of imidazole rings is 1. The zero-order chi connectivity index (χ0) is 27.1. The van der Waals surface area contributed by atoms with Crippen LogP contribution in [0.3, 0.4) is 0 Å². The lowest BCUT2D eigenvalue weighted by atomic mass is 10.1. The fraction of sp³-hybridized carbons (Fsp3) is 0.450. The molecule has 202 valence electrons. The molecule has 0 bridgehead atoms. The Bertz CT molecular complexity index is 1390. The number of ether oxygens (including phenoxy) is 1. The largest absolute Gasteiger partial charge is 0.388 e. The minimum absolute atomic E-state index is 0.135. The van der Waals surface area contributed by atoms with E-state index < -0.39 is 56.7 Å². The molecule has 1 saturated heterocycles. The third kappa shape index (κ3) is 6.57. The van der Waals surface area contributed by atoms with Gasteiger partial charge in [-0.1, -0.05) is 26.7 Å². The Balaban J connectivity index is 1.56. The van der Waals surface area contributed by atoms with Gasteiger partial charge in [-0.15, -0.1) is 0 Å². The first-order chi connectivity index (χ1) is 17.3. The van der Waals surface area contributed by atoms with Gasteiger partial charge in [-0.2, -0.15) is 9.97 Å². The fourth-order valence-corrected chi connectivity index (χ4v) is 10.0. The summed E-state index contributed by atoms with van der Waals surface area (Å²) in [5.74, 6) is -0.917. The molecule has 3 heterocycles. The number of hydrogen-bond acceptors (Lipinski definition) is 8. The third-order valence-electron chi connectivity index (χ3n) is 5.91. The normalized spacial score (nSPS) is 24.8. The molecular formula is C20H26ClFN5O7P3. The quantitative estimate of drug-likeness (QED) is 0.158. The molecule has 3 aromatic rings. The Morgan fingerprint density at radius 3 is 2.62 bits per heavy atom. The van der Waals surface area contributed by atoms with Crippen molar-refractivity contribution in [3.63, 3.8) is 0 Å². The monoisotopic (exact) mass is 595 g/mol. The van der Waals surface area contributed by atoms with Crippen molar-refractivity contribution in [1.82, 2.24) is 19.5 Å². The van der Waals surface area contributed by atoms with Crippen LogP contribution in [-0.4, -0.2) is 74.8 Å². The van der Waals surface area contributed by atoms with E-state index in [2.05, 4.69) is 28.8 Å². The van der Waals surface area contributed by atoms with Crippen LogP contribution in [0.15, 0.2) is 30.6 Å². The van der Waals surface area contributed by atoms with Crippen LogP contribution in [0.2, 0.25) is 5.28 Å². The van der Waals surface area contributed by atoms with Gasteiger partial charge in [-0.05, 0) is 31.0 Å². The van der Waals surface area contributed by atoms with E-state index in [0.717, 1.165) is 0 Å². The summed E-state index contributed by atoms with van der Waals surface area (Å²) >= 11 is 6.14. The zero-order valence-electron chi connectivity index (χ0n) is 19.4. The average molecular weight is 596 g/mol. The number of aliphatic hydroxyl groups is 2. The maximum Gasteiger partial charge on any atom is 0.226 e. The highest BCUT2D eigenvalue weighted by Crippen LogP contribution is 2.58. The first-order valence-corrected chi connectivity index (χ1v) is 16.7. The van der Waals surface area contributed by atoms with E-state index >= 15 is 0 Å². The van der Waals surface area contributed by atoms with Crippen LogP contribution in [0.4, 0.5) is 10.2 Å². The molecule has 1 aliphatic rings. The molecule has 0 aliphatic carbocycles. The highest BCUT2D eigenvalue weighted by molar-refractivity contribution is 7.96. The van der Waals surface area contributed by atoms with Gasteiger partial charge in [0.2, 0.25) is 12.7 Å². The molecule has 17 heteroatoms. The maximum atomic E-state index is 14.2. The molecule has 1 fully saturated rings. The SMILES string of the molecule is C[C@H](Nc1nc(Cl)nc2c1ncn2[C@@H]1O[C@H](CCP(=O)(O)CP(O)(O)=P)C(O)C1O)c1ccccc1F. The molecule has 1 aromatic carbocycles. The molecule has 2 aromatic heterocycles. The molecule has 12 nitrogen and oxygen atoms in total. The molecule has 6 N–H and O–H groups in total. The first-order valence-electron chi connectivity index (χ1n) is 11.1. The lowest BCUT2D eigenvalue weighted by Crippen LogP contribution is -2.32. The summed E-state index contributed by atoms with van der Waals surface area (Å²) in [6.07, 6.45) is -4.25. The van der Waals surface area contributed by atoms with E-state index in [4.69, 9.17) is 16.3 Å². The number of nitrogens with one attached hydrogen (secondary N) is 1. The summed E-state index contributed by atoms with van der Waals surface area (Å²) < 4.78 is 33.7. The minimum atomic E-state index is -3.95. The number of fused-ring (bicyclic) bond motifs is 1. The molecule has 6 atom stereocenters. The Labute approximate surface area is 218 Å². The Morgan fingerprint density at radius 2 is 1.95 bits per heavy atom. The van der Waals surface area contributed by atoms with Crippen molar-refractivity contribution in [2.24, 2.45) is 0 Å². The standard InChI is InChI=1S/C20H26ClFN5O7P3/c1-10(11-4-2-3-5-12(11)22)24-17-14-18(26-20(21)25-17)27(8-23-14)19-16(29)15(28)13(34-19)6-7-36(30,31)9-37(32,33)35/h2-5,8,10,13,15-16,19,28-29,32-33,35H,6-7,9H2,1H3,(H,30,31)(H,24,25,26)/t10-,13+,15?,16?,19+/m0/s1. The van der Waals surface area contributed by atoms with Crippen LogP contribution in [0.1, 0.15) is 31.2 Å². The summed E-state index contributed by atoms with van der Waals surface area (Å²) in [7, 11) is -4.97. The van der Waals surface area contributed by atoms with Crippen molar-refractivity contribution < 1.29 is 38.6 Å². The van der Waals surface area contributed by atoms with E-state index in [9.17, 15) is 33.8 Å². The first kappa shape index (κ1) is 28.5. The second kappa shape index (κ2) is 10.9. The number of halogens is 2. The fourth-order valence-electron chi connectivity index (χ4n) is 4.19. The van der Waals surface area contributed by atoms with Crippen LogP contribution in [-0.2, 0) is 9.30 Å². The Hall–Kier alpha value is -1.49. The molecule has 0 amide bonds. The van der Waals surface area contributed by atoms with Crippen molar-refractivity contribution in [1.29, 1.82) is 0 Å². The topological polar surface area (TPSA) is 183 Å². The number of anilines is 1. The lowest BCUT2D eigenvalue weighted by molar-refractivity contribution is -0.0354. The van der Waals surface area contributed by atoms with Crippen molar-refractivity contribution >= 4 is 51.5 Å². The van der Waals surface area contributed by atoms with Gasteiger partial charge in [-0.25, -0.2) is 9.37 Å². The van der Waals surface area contributed by atoms with Crippen LogP contribution in [0, 0.1) is 5.82 Å². The highest BCUT2D eigenvalue weighted by atomic mass is 35.5. The average Bonchev–Trinajstić information content (AvgIpc) is 3.32. The van der Waals surface area contributed by atoms with E-state index in [1.807, 2.05) is 0 Å². The van der Waals surface area contributed by atoms with Crippen LogP contribution in [0.5, 0.6) is 0 Å². The Morgan fingerprint density at radius 1 is 1.24 bits per heavy atom. The van der Waals surface area contributed by atoms with E-state index in [0.29, 0.717) is 5.56 Å².